The molecule has 100 valence electrons. The number of rotatable bonds is 3. The zero-order valence-corrected chi connectivity index (χ0v) is 11.7. The molecule has 0 bridgehead atoms. The third-order valence-electron chi connectivity index (χ3n) is 3.45. The Bertz CT molecular complexity index is 556. The third kappa shape index (κ3) is 2.62. The average molecular weight is 275 g/mol. The quantitative estimate of drug-likeness (QED) is 0.932. The summed E-state index contributed by atoms with van der Waals surface area (Å²) in [6.45, 7) is 1.54. The Labute approximate surface area is 116 Å². The first-order valence-electron chi connectivity index (χ1n) is 6.57. The van der Waals surface area contributed by atoms with Crippen molar-refractivity contribution in [2.75, 3.05) is 13.6 Å². The van der Waals surface area contributed by atoms with Gasteiger partial charge in [0, 0.05) is 7.05 Å². The van der Waals surface area contributed by atoms with Crippen molar-refractivity contribution in [1.29, 1.82) is 0 Å². The molecule has 2 heterocycles. The zero-order chi connectivity index (χ0) is 13.2. The van der Waals surface area contributed by atoms with Crippen LogP contribution in [0.5, 0.6) is 0 Å². The number of aromatic nitrogens is 1. The lowest BCUT2D eigenvalue weighted by atomic mass is 10.2. The molecule has 0 radical (unpaired) electrons. The minimum atomic E-state index is -0.000576. The molecule has 1 fully saturated rings. The lowest BCUT2D eigenvalue weighted by molar-refractivity contribution is -0.132. The number of carbonyl (C=O) groups excluding carboxylic acids is 1. The summed E-state index contributed by atoms with van der Waals surface area (Å²) in [5.41, 5.74) is 1.02. The molecular weight excluding hydrogens is 258 g/mol. The van der Waals surface area contributed by atoms with E-state index in [0.717, 1.165) is 29.9 Å². The van der Waals surface area contributed by atoms with Crippen LogP contribution in [-0.4, -0.2) is 35.4 Å². The molecule has 1 N–H and O–H groups in total. The van der Waals surface area contributed by atoms with Gasteiger partial charge in [0.05, 0.1) is 22.8 Å². The fourth-order valence-electron chi connectivity index (χ4n) is 2.43. The van der Waals surface area contributed by atoms with Crippen LogP contribution in [0.25, 0.3) is 10.2 Å². The molecule has 2 aromatic rings. The summed E-state index contributed by atoms with van der Waals surface area (Å²) < 4.78 is 1.18. The van der Waals surface area contributed by atoms with Crippen LogP contribution in [0.1, 0.15) is 17.8 Å². The van der Waals surface area contributed by atoms with E-state index in [9.17, 15) is 4.79 Å². The van der Waals surface area contributed by atoms with E-state index in [1.807, 2.05) is 25.2 Å². The van der Waals surface area contributed by atoms with E-state index >= 15 is 0 Å². The maximum Gasteiger partial charge on any atom is 0.239 e. The molecule has 1 aromatic carbocycles. The van der Waals surface area contributed by atoms with Crippen molar-refractivity contribution in [2.24, 2.45) is 0 Å². The number of carbonyl (C=O) groups is 1. The van der Waals surface area contributed by atoms with E-state index in [0.29, 0.717) is 6.54 Å². The largest absolute Gasteiger partial charge is 0.338 e. The van der Waals surface area contributed by atoms with Crippen LogP contribution in [0.4, 0.5) is 0 Å². The topological polar surface area (TPSA) is 45.2 Å². The van der Waals surface area contributed by atoms with Crippen LogP contribution >= 0.6 is 11.3 Å². The van der Waals surface area contributed by atoms with Gasteiger partial charge in [-0.1, -0.05) is 12.1 Å². The van der Waals surface area contributed by atoms with Gasteiger partial charge in [-0.2, -0.15) is 0 Å². The Balaban J connectivity index is 1.71. The Kier molecular flexibility index (Phi) is 3.48. The molecule has 19 heavy (non-hydrogen) atoms. The average Bonchev–Trinajstić information content (AvgIpc) is 3.06. The van der Waals surface area contributed by atoms with Crippen LogP contribution in [0.15, 0.2) is 24.3 Å². The third-order valence-corrected chi connectivity index (χ3v) is 4.47. The number of nitrogens with zero attached hydrogens (tertiary/aromatic N) is 2. The Morgan fingerprint density at radius 2 is 2.37 bits per heavy atom. The van der Waals surface area contributed by atoms with Gasteiger partial charge in [-0.05, 0) is 31.5 Å². The predicted octanol–water partition coefficient (Wildman–Crippen LogP) is 2.01. The monoisotopic (exact) mass is 275 g/mol. The van der Waals surface area contributed by atoms with Crippen LogP contribution < -0.4 is 5.32 Å². The molecule has 1 saturated heterocycles. The van der Waals surface area contributed by atoms with Crippen molar-refractivity contribution in [3.05, 3.63) is 29.3 Å². The summed E-state index contributed by atoms with van der Waals surface area (Å²) in [4.78, 5) is 18.5. The van der Waals surface area contributed by atoms with E-state index in [1.54, 1.807) is 16.2 Å². The fourth-order valence-corrected chi connectivity index (χ4v) is 3.45. The van der Waals surface area contributed by atoms with Crippen molar-refractivity contribution in [3.8, 4) is 0 Å². The standard InChI is InChI=1S/C14H17N3OS/c1-17(14(18)11-6-4-8-15-11)9-13-16-10-5-2-3-7-12(10)19-13/h2-3,5,7,11,15H,4,6,8-9H2,1H3. The van der Waals surface area contributed by atoms with E-state index in [1.165, 1.54) is 4.70 Å². The predicted molar refractivity (Wildman–Crippen MR) is 77.1 cm³/mol. The minimum Gasteiger partial charge on any atom is -0.338 e. The van der Waals surface area contributed by atoms with Gasteiger partial charge < -0.3 is 10.2 Å². The number of amides is 1. The van der Waals surface area contributed by atoms with Gasteiger partial charge >= 0.3 is 0 Å². The normalized spacial score (nSPS) is 18.9. The van der Waals surface area contributed by atoms with Gasteiger partial charge in [-0.15, -0.1) is 11.3 Å². The van der Waals surface area contributed by atoms with Gasteiger partial charge in [0.2, 0.25) is 5.91 Å². The number of para-hydroxylation sites is 1. The van der Waals surface area contributed by atoms with Gasteiger partial charge in [0.1, 0.15) is 5.01 Å². The smallest absolute Gasteiger partial charge is 0.239 e. The Morgan fingerprint density at radius 3 is 3.11 bits per heavy atom. The number of likely N-dealkylation sites (N-methyl/N-ethyl adjacent to an activating group) is 1. The van der Waals surface area contributed by atoms with E-state index in [4.69, 9.17) is 0 Å². The molecule has 1 aliphatic rings. The van der Waals surface area contributed by atoms with Gasteiger partial charge in [-0.3, -0.25) is 4.79 Å². The number of hydrogen-bond acceptors (Lipinski definition) is 4. The highest BCUT2D eigenvalue weighted by Crippen LogP contribution is 2.22. The van der Waals surface area contributed by atoms with Crippen molar-refractivity contribution >= 4 is 27.5 Å². The Morgan fingerprint density at radius 1 is 1.53 bits per heavy atom. The van der Waals surface area contributed by atoms with Crippen LogP contribution in [-0.2, 0) is 11.3 Å². The molecule has 1 aromatic heterocycles. The van der Waals surface area contributed by atoms with Crippen molar-refractivity contribution in [1.82, 2.24) is 15.2 Å². The first kappa shape index (κ1) is 12.6. The van der Waals surface area contributed by atoms with Gasteiger partial charge in [0.25, 0.3) is 0 Å². The molecule has 0 saturated carbocycles. The lowest BCUT2D eigenvalue weighted by Gasteiger charge is -2.19. The number of thiazole rings is 1. The number of benzene rings is 1. The molecule has 1 amide bonds. The molecule has 5 heteroatoms. The van der Waals surface area contributed by atoms with Crippen LogP contribution in [0, 0.1) is 0 Å². The van der Waals surface area contributed by atoms with Crippen LogP contribution in [0.2, 0.25) is 0 Å². The minimum absolute atomic E-state index is 0.000576. The molecule has 1 atom stereocenters. The maximum atomic E-state index is 12.2. The number of hydrogen-bond donors (Lipinski definition) is 1. The van der Waals surface area contributed by atoms with Crippen LogP contribution in [0.3, 0.4) is 0 Å². The van der Waals surface area contributed by atoms with Gasteiger partial charge in [0.15, 0.2) is 0 Å². The fraction of sp³-hybridized carbons (Fsp3) is 0.429. The highest BCUT2D eigenvalue weighted by molar-refractivity contribution is 7.18. The summed E-state index contributed by atoms with van der Waals surface area (Å²) in [6, 6.07) is 8.08. The molecule has 0 spiro atoms. The van der Waals surface area contributed by atoms with E-state index < -0.39 is 0 Å². The number of nitrogens with one attached hydrogen (secondary N) is 1. The molecule has 1 aliphatic heterocycles. The highest BCUT2D eigenvalue weighted by Gasteiger charge is 2.25. The lowest BCUT2D eigenvalue weighted by Crippen LogP contribution is -2.41. The summed E-state index contributed by atoms with van der Waals surface area (Å²) in [5, 5.41) is 4.24. The second-order valence-electron chi connectivity index (χ2n) is 4.92. The molecule has 3 rings (SSSR count). The van der Waals surface area contributed by atoms with Gasteiger partial charge in [-0.25, -0.2) is 4.98 Å². The first-order chi connectivity index (χ1) is 9.24. The zero-order valence-electron chi connectivity index (χ0n) is 10.9. The summed E-state index contributed by atoms with van der Waals surface area (Å²) in [6.07, 6.45) is 2.04. The number of fused-ring (bicyclic) bond motifs is 1. The first-order valence-corrected chi connectivity index (χ1v) is 7.38. The molecule has 4 nitrogen and oxygen atoms in total. The van der Waals surface area contributed by atoms with Crippen molar-refractivity contribution < 1.29 is 4.79 Å². The van der Waals surface area contributed by atoms with E-state index in [2.05, 4.69) is 16.4 Å². The summed E-state index contributed by atoms with van der Waals surface area (Å²) in [7, 11) is 1.86. The summed E-state index contributed by atoms with van der Waals surface area (Å²) >= 11 is 1.66. The Hall–Kier alpha value is -1.46. The molecule has 0 aliphatic carbocycles. The van der Waals surface area contributed by atoms with Crippen molar-refractivity contribution in [3.63, 3.8) is 0 Å². The van der Waals surface area contributed by atoms with E-state index in [-0.39, 0.29) is 11.9 Å². The summed E-state index contributed by atoms with van der Waals surface area (Å²) in [5.74, 6) is 0.178. The second kappa shape index (κ2) is 5.27. The molecule has 1 unspecified atom stereocenters. The van der Waals surface area contributed by atoms with Crippen molar-refractivity contribution in [2.45, 2.75) is 25.4 Å². The SMILES string of the molecule is CN(Cc1nc2ccccc2s1)C(=O)C1CCCN1. The highest BCUT2D eigenvalue weighted by atomic mass is 32.1. The second-order valence-corrected chi connectivity index (χ2v) is 6.03. The molecular formula is C14H17N3OS. The maximum absolute atomic E-state index is 12.2.